The number of hydrogen-bond donors (Lipinski definition) is 1. The second-order valence-corrected chi connectivity index (χ2v) is 3.67. The van der Waals surface area contributed by atoms with E-state index in [1.165, 1.54) is 5.57 Å². The molecule has 1 aliphatic carbocycles. The Morgan fingerprint density at radius 2 is 2.38 bits per heavy atom. The van der Waals surface area contributed by atoms with Crippen LogP contribution in [-0.2, 0) is 4.74 Å². The minimum atomic E-state index is -0.286. The van der Waals surface area contributed by atoms with Crippen molar-refractivity contribution in [3.05, 3.63) is 11.6 Å². The maximum absolute atomic E-state index is 9.73. The molecule has 0 heterocycles. The van der Waals surface area contributed by atoms with Crippen molar-refractivity contribution in [3.63, 3.8) is 0 Å². The van der Waals surface area contributed by atoms with Crippen molar-refractivity contribution in [2.75, 3.05) is 6.61 Å². The van der Waals surface area contributed by atoms with Crippen molar-refractivity contribution in [1.29, 1.82) is 0 Å². The molecule has 0 aromatic carbocycles. The lowest BCUT2D eigenvalue weighted by molar-refractivity contribution is -0.0490. The average molecular weight is 184 g/mol. The highest BCUT2D eigenvalue weighted by molar-refractivity contribution is 5.06. The molecule has 1 saturated carbocycles. The SMILES string of the molecule is CC=C1CC[C@@H](OCCC)[C@H](O)C1. The van der Waals surface area contributed by atoms with Gasteiger partial charge in [-0.3, -0.25) is 0 Å². The predicted molar refractivity (Wildman–Crippen MR) is 53.6 cm³/mol. The standard InChI is InChI=1S/C11H20O2/c1-3-7-13-11-6-5-9(4-2)8-10(11)12/h4,10-12H,3,5-8H2,1-2H3/t10-,11-/m1/s1. The van der Waals surface area contributed by atoms with Crippen molar-refractivity contribution >= 4 is 0 Å². The van der Waals surface area contributed by atoms with Crippen LogP contribution in [0.3, 0.4) is 0 Å². The van der Waals surface area contributed by atoms with Gasteiger partial charge >= 0.3 is 0 Å². The number of aliphatic hydroxyl groups excluding tert-OH is 1. The summed E-state index contributed by atoms with van der Waals surface area (Å²) in [6, 6.07) is 0. The lowest BCUT2D eigenvalue weighted by Gasteiger charge is -2.29. The zero-order chi connectivity index (χ0) is 9.68. The molecule has 1 aliphatic rings. The van der Waals surface area contributed by atoms with Crippen LogP contribution in [0.4, 0.5) is 0 Å². The van der Waals surface area contributed by atoms with Crippen molar-refractivity contribution in [3.8, 4) is 0 Å². The van der Waals surface area contributed by atoms with Crippen LogP contribution in [0.2, 0.25) is 0 Å². The molecule has 2 atom stereocenters. The number of aliphatic hydroxyl groups is 1. The molecule has 0 spiro atoms. The fraction of sp³-hybridized carbons (Fsp3) is 0.818. The molecule has 1 fully saturated rings. The Hall–Kier alpha value is -0.340. The quantitative estimate of drug-likeness (QED) is 0.682. The van der Waals surface area contributed by atoms with Crippen LogP contribution in [0.15, 0.2) is 11.6 Å². The average Bonchev–Trinajstić information content (AvgIpc) is 2.16. The first kappa shape index (κ1) is 10.7. The van der Waals surface area contributed by atoms with Gasteiger partial charge in [0.1, 0.15) is 0 Å². The fourth-order valence-electron chi connectivity index (χ4n) is 1.75. The van der Waals surface area contributed by atoms with E-state index in [9.17, 15) is 5.11 Å². The first-order valence-corrected chi connectivity index (χ1v) is 5.21. The second kappa shape index (κ2) is 5.40. The van der Waals surface area contributed by atoms with Crippen LogP contribution in [0.1, 0.15) is 39.5 Å². The topological polar surface area (TPSA) is 29.5 Å². The van der Waals surface area contributed by atoms with Gasteiger partial charge in [0, 0.05) is 6.61 Å². The Kier molecular flexibility index (Phi) is 4.46. The minimum Gasteiger partial charge on any atom is -0.390 e. The molecule has 0 bridgehead atoms. The first-order valence-electron chi connectivity index (χ1n) is 5.21. The smallest absolute Gasteiger partial charge is 0.0840 e. The number of ether oxygens (including phenoxy) is 1. The zero-order valence-corrected chi connectivity index (χ0v) is 8.62. The minimum absolute atomic E-state index is 0.0728. The highest BCUT2D eigenvalue weighted by Crippen LogP contribution is 2.25. The van der Waals surface area contributed by atoms with E-state index >= 15 is 0 Å². The highest BCUT2D eigenvalue weighted by Gasteiger charge is 2.25. The molecule has 0 aliphatic heterocycles. The van der Waals surface area contributed by atoms with Gasteiger partial charge in [0.05, 0.1) is 12.2 Å². The Morgan fingerprint density at radius 3 is 2.92 bits per heavy atom. The van der Waals surface area contributed by atoms with Crippen LogP contribution >= 0.6 is 0 Å². The Morgan fingerprint density at radius 1 is 1.62 bits per heavy atom. The molecule has 0 unspecified atom stereocenters. The summed E-state index contributed by atoms with van der Waals surface area (Å²) in [6.07, 6.45) is 5.78. The molecule has 0 radical (unpaired) electrons. The monoisotopic (exact) mass is 184 g/mol. The van der Waals surface area contributed by atoms with Gasteiger partial charge in [-0.25, -0.2) is 0 Å². The van der Waals surface area contributed by atoms with Crippen LogP contribution in [0, 0.1) is 0 Å². The van der Waals surface area contributed by atoms with Gasteiger partial charge in [0.2, 0.25) is 0 Å². The van der Waals surface area contributed by atoms with Crippen molar-refractivity contribution < 1.29 is 9.84 Å². The highest BCUT2D eigenvalue weighted by atomic mass is 16.5. The lowest BCUT2D eigenvalue weighted by Crippen LogP contribution is -2.33. The lowest BCUT2D eigenvalue weighted by atomic mass is 9.90. The van der Waals surface area contributed by atoms with E-state index in [4.69, 9.17) is 4.74 Å². The molecule has 2 heteroatoms. The third kappa shape index (κ3) is 3.12. The molecule has 0 aromatic heterocycles. The molecule has 13 heavy (non-hydrogen) atoms. The third-order valence-electron chi connectivity index (χ3n) is 2.59. The van der Waals surface area contributed by atoms with Crippen molar-refractivity contribution in [2.24, 2.45) is 0 Å². The summed E-state index contributed by atoms with van der Waals surface area (Å²) >= 11 is 0. The molecule has 0 saturated heterocycles. The molecular formula is C11H20O2. The van der Waals surface area contributed by atoms with E-state index in [0.29, 0.717) is 0 Å². The Labute approximate surface area is 80.6 Å². The van der Waals surface area contributed by atoms with Crippen molar-refractivity contribution in [1.82, 2.24) is 0 Å². The molecule has 76 valence electrons. The van der Waals surface area contributed by atoms with Crippen LogP contribution < -0.4 is 0 Å². The zero-order valence-electron chi connectivity index (χ0n) is 8.62. The van der Waals surface area contributed by atoms with E-state index in [1.54, 1.807) is 0 Å². The van der Waals surface area contributed by atoms with Gasteiger partial charge < -0.3 is 9.84 Å². The predicted octanol–water partition coefficient (Wildman–Crippen LogP) is 2.27. The van der Waals surface area contributed by atoms with Crippen LogP contribution in [0.5, 0.6) is 0 Å². The first-order chi connectivity index (χ1) is 6.27. The van der Waals surface area contributed by atoms with Crippen LogP contribution in [0.25, 0.3) is 0 Å². The Balaban J connectivity index is 2.35. The summed E-state index contributed by atoms with van der Waals surface area (Å²) in [7, 11) is 0. The van der Waals surface area contributed by atoms with Gasteiger partial charge in [0.15, 0.2) is 0 Å². The summed E-state index contributed by atoms with van der Waals surface area (Å²) in [5.74, 6) is 0. The summed E-state index contributed by atoms with van der Waals surface area (Å²) in [5.41, 5.74) is 1.36. The molecule has 0 amide bonds. The molecule has 1 rings (SSSR count). The maximum Gasteiger partial charge on any atom is 0.0840 e. The van der Waals surface area contributed by atoms with Gasteiger partial charge in [-0.1, -0.05) is 18.6 Å². The molecular weight excluding hydrogens is 164 g/mol. The van der Waals surface area contributed by atoms with Crippen LogP contribution in [-0.4, -0.2) is 23.9 Å². The van der Waals surface area contributed by atoms with Gasteiger partial charge in [-0.15, -0.1) is 0 Å². The van der Waals surface area contributed by atoms with Gasteiger partial charge in [-0.05, 0) is 32.6 Å². The molecule has 0 aromatic rings. The third-order valence-corrected chi connectivity index (χ3v) is 2.59. The van der Waals surface area contributed by atoms with E-state index in [0.717, 1.165) is 32.3 Å². The van der Waals surface area contributed by atoms with Gasteiger partial charge in [-0.2, -0.15) is 0 Å². The van der Waals surface area contributed by atoms with E-state index < -0.39 is 0 Å². The number of allylic oxidation sites excluding steroid dienone is 1. The van der Waals surface area contributed by atoms with Gasteiger partial charge in [0.25, 0.3) is 0 Å². The summed E-state index contributed by atoms with van der Waals surface area (Å²) in [4.78, 5) is 0. The second-order valence-electron chi connectivity index (χ2n) is 3.67. The Bertz CT molecular complexity index is 175. The van der Waals surface area contributed by atoms with Crippen molar-refractivity contribution in [2.45, 2.75) is 51.7 Å². The van der Waals surface area contributed by atoms with E-state index in [-0.39, 0.29) is 12.2 Å². The number of rotatable bonds is 3. The largest absolute Gasteiger partial charge is 0.390 e. The van der Waals surface area contributed by atoms with E-state index in [1.807, 2.05) is 6.92 Å². The fourth-order valence-corrected chi connectivity index (χ4v) is 1.75. The normalized spacial score (nSPS) is 32.4. The summed E-state index contributed by atoms with van der Waals surface area (Å²) < 4.78 is 5.56. The molecule has 2 nitrogen and oxygen atoms in total. The summed E-state index contributed by atoms with van der Waals surface area (Å²) in [6.45, 7) is 4.90. The summed E-state index contributed by atoms with van der Waals surface area (Å²) in [5, 5.41) is 9.73. The maximum atomic E-state index is 9.73. The van der Waals surface area contributed by atoms with E-state index in [2.05, 4.69) is 13.0 Å². The number of hydrogen-bond acceptors (Lipinski definition) is 2. The molecule has 1 N–H and O–H groups in total.